The van der Waals surface area contributed by atoms with Gasteiger partial charge >= 0.3 is 6.18 Å². The molecule has 2 aromatic rings. The summed E-state index contributed by atoms with van der Waals surface area (Å²) in [4.78, 5) is 15.4. The topological polar surface area (TPSA) is 65.6 Å². The number of halogens is 4. The van der Waals surface area contributed by atoms with Crippen molar-refractivity contribution < 1.29 is 27.1 Å². The molecule has 0 saturated carbocycles. The van der Waals surface area contributed by atoms with Gasteiger partial charge in [-0.15, -0.1) is 0 Å². The van der Waals surface area contributed by atoms with Gasteiger partial charge in [0, 0.05) is 37.1 Å². The summed E-state index contributed by atoms with van der Waals surface area (Å²) in [6, 6.07) is 8.70. The highest BCUT2D eigenvalue weighted by atomic mass is 19.4. The van der Waals surface area contributed by atoms with Crippen molar-refractivity contribution in [3.63, 3.8) is 0 Å². The number of hydrogen-bond acceptors (Lipinski definition) is 5. The number of nitrogens with one attached hydrogen (secondary N) is 3. The molecule has 0 aromatic heterocycles. The van der Waals surface area contributed by atoms with Crippen LogP contribution in [-0.4, -0.2) is 57.0 Å². The number of morpholine rings is 1. The predicted octanol–water partition coefficient (Wildman–Crippen LogP) is 5.28. The molecule has 3 rings (SSSR count). The number of carbonyl (C=O) groups excluding carboxylic acids is 1. The number of hydrogen-bond donors (Lipinski definition) is 3. The highest BCUT2D eigenvalue weighted by molar-refractivity contribution is 5.82. The van der Waals surface area contributed by atoms with Crippen LogP contribution in [0.15, 0.2) is 48.5 Å². The van der Waals surface area contributed by atoms with Gasteiger partial charge in [-0.2, -0.15) is 13.2 Å². The quantitative estimate of drug-likeness (QED) is 0.321. The van der Waals surface area contributed by atoms with Crippen molar-refractivity contribution in [2.24, 2.45) is 5.92 Å². The summed E-state index contributed by atoms with van der Waals surface area (Å²) >= 11 is 0. The first-order chi connectivity index (χ1) is 18.1. The lowest BCUT2D eigenvalue weighted by molar-refractivity contribution is -0.161. The minimum absolute atomic E-state index is 0.0245. The number of carbonyl (C=O) groups is 1. The molecule has 0 unspecified atom stereocenters. The average molecular weight is 539 g/mol. The summed E-state index contributed by atoms with van der Waals surface area (Å²) in [6.07, 6.45) is -3.85. The van der Waals surface area contributed by atoms with E-state index < -0.39 is 30.0 Å². The molecule has 1 saturated heterocycles. The van der Waals surface area contributed by atoms with Crippen molar-refractivity contribution in [3.05, 3.63) is 59.9 Å². The normalized spacial score (nSPS) is 16.7. The first kappa shape index (κ1) is 29.7. The molecule has 0 radical (unpaired) electrons. The Morgan fingerprint density at radius 2 is 1.66 bits per heavy atom. The molecule has 0 aliphatic carbocycles. The van der Waals surface area contributed by atoms with Gasteiger partial charge in [-0.3, -0.25) is 10.1 Å². The summed E-state index contributed by atoms with van der Waals surface area (Å²) < 4.78 is 60.5. The summed E-state index contributed by atoms with van der Waals surface area (Å²) in [5.41, 5.74) is 1.86. The van der Waals surface area contributed by atoms with E-state index in [4.69, 9.17) is 4.74 Å². The standard InChI is InChI=1S/C28H38F4N4O2/c1-4-22(18-33-23-9-11-24(12-10-23)36-13-15-38-16-14-36)34-27(37)25(17-19(2)3)35-26(28(30,31)32)20-5-7-21(29)8-6-20/h5-12,19,22,25-26,33,35H,4,13-18H2,1-3H3,(H,34,37)/t22-,25-,26-/m0/s1. The van der Waals surface area contributed by atoms with E-state index in [0.717, 1.165) is 48.7 Å². The number of anilines is 2. The molecule has 3 atom stereocenters. The van der Waals surface area contributed by atoms with Crippen molar-refractivity contribution in [3.8, 4) is 0 Å². The lowest BCUT2D eigenvalue weighted by Gasteiger charge is -2.30. The Bertz CT molecular complexity index is 993. The van der Waals surface area contributed by atoms with E-state index in [9.17, 15) is 22.4 Å². The van der Waals surface area contributed by atoms with Gasteiger partial charge in [-0.05, 0) is 60.7 Å². The first-order valence-electron chi connectivity index (χ1n) is 13.1. The lowest BCUT2D eigenvalue weighted by Crippen LogP contribution is -2.52. The Labute approximate surface area is 222 Å². The molecule has 210 valence electrons. The third kappa shape index (κ3) is 8.87. The first-order valence-corrected chi connectivity index (χ1v) is 13.1. The van der Waals surface area contributed by atoms with Gasteiger partial charge in [-0.1, -0.05) is 32.9 Å². The van der Waals surface area contributed by atoms with Gasteiger partial charge in [0.15, 0.2) is 0 Å². The van der Waals surface area contributed by atoms with E-state index >= 15 is 0 Å². The largest absolute Gasteiger partial charge is 0.407 e. The molecule has 2 aromatic carbocycles. The molecule has 38 heavy (non-hydrogen) atoms. The van der Waals surface area contributed by atoms with E-state index in [-0.39, 0.29) is 23.9 Å². The SMILES string of the molecule is CC[C@@H](CNc1ccc(N2CCOCC2)cc1)NC(=O)[C@H](CC(C)C)N[C@@H](c1ccc(F)cc1)C(F)(F)F. The Balaban J connectivity index is 1.63. The maximum Gasteiger partial charge on any atom is 0.407 e. The van der Waals surface area contributed by atoms with Crippen LogP contribution >= 0.6 is 0 Å². The fraction of sp³-hybridized carbons (Fsp3) is 0.536. The molecule has 1 aliphatic heterocycles. The maximum absolute atomic E-state index is 13.9. The maximum atomic E-state index is 13.9. The van der Waals surface area contributed by atoms with E-state index in [1.165, 1.54) is 0 Å². The van der Waals surface area contributed by atoms with Gasteiger partial charge in [0.2, 0.25) is 5.91 Å². The van der Waals surface area contributed by atoms with Crippen LogP contribution < -0.4 is 20.9 Å². The van der Waals surface area contributed by atoms with Crippen molar-refractivity contribution in [1.82, 2.24) is 10.6 Å². The van der Waals surface area contributed by atoms with Crippen molar-refractivity contribution in [1.29, 1.82) is 0 Å². The lowest BCUT2D eigenvalue weighted by atomic mass is 9.99. The number of rotatable bonds is 12. The average Bonchev–Trinajstić information content (AvgIpc) is 2.89. The fourth-order valence-electron chi connectivity index (χ4n) is 4.41. The zero-order valence-electron chi connectivity index (χ0n) is 22.2. The van der Waals surface area contributed by atoms with E-state index in [1.54, 1.807) is 0 Å². The third-order valence-corrected chi connectivity index (χ3v) is 6.56. The van der Waals surface area contributed by atoms with Gasteiger partial charge in [-0.25, -0.2) is 4.39 Å². The third-order valence-electron chi connectivity index (χ3n) is 6.56. The smallest absolute Gasteiger partial charge is 0.383 e. The van der Waals surface area contributed by atoms with Gasteiger partial charge in [0.25, 0.3) is 0 Å². The molecule has 1 fully saturated rings. The molecular weight excluding hydrogens is 500 g/mol. The molecule has 3 N–H and O–H groups in total. The summed E-state index contributed by atoms with van der Waals surface area (Å²) in [5, 5.41) is 8.73. The molecule has 0 spiro atoms. The zero-order valence-corrected chi connectivity index (χ0v) is 22.2. The second-order valence-corrected chi connectivity index (χ2v) is 10.0. The minimum atomic E-state index is -4.66. The Hall–Kier alpha value is -2.85. The summed E-state index contributed by atoms with van der Waals surface area (Å²) in [6.45, 7) is 9.14. The van der Waals surface area contributed by atoms with Crippen LogP contribution in [0.1, 0.15) is 45.2 Å². The van der Waals surface area contributed by atoms with E-state index in [0.29, 0.717) is 26.2 Å². The Morgan fingerprint density at radius 3 is 2.21 bits per heavy atom. The van der Waals surface area contributed by atoms with Gasteiger partial charge in [0.1, 0.15) is 11.9 Å². The molecule has 6 nitrogen and oxygen atoms in total. The molecule has 1 amide bonds. The summed E-state index contributed by atoms with van der Waals surface area (Å²) in [7, 11) is 0. The van der Waals surface area contributed by atoms with Crippen molar-refractivity contribution >= 4 is 17.3 Å². The second-order valence-electron chi connectivity index (χ2n) is 10.0. The Morgan fingerprint density at radius 1 is 1.03 bits per heavy atom. The number of amides is 1. The molecular formula is C28H38F4N4O2. The highest BCUT2D eigenvalue weighted by Gasteiger charge is 2.43. The van der Waals surface area contributed by atoms with E-state index in [2.05, 4.69) is 20.9 Å². The monoisotopic (exact) mass is 538 g/mol. The van der Waals surface area contributed by atoms with Gasteiger partial charge in [0.05, 0.1) is 19.3 Å². The van der Waals surface area contributed by atoms with Crippen molar-refractivity contribution in [2.75, 3.05) is 43.1 Å². The van der Waals surface area contributed by atoms with Crippen LogP contribution in [0.2, 0.25) is 0 Å². The van der Waals surface area contributed by atoms with Crippen LogP contribution in [0.5, 0.6) is 0 Å². The van der Waals surface area contributed by atoms with Crippen LogP contribution in [-0.2, 0) is 9.53 Å². The van der Waals surface area contributed by atoms with Crippen LogP contribution in [0.4, 0.5) is 28.9 Å². The molecule has 1 aliphatic rings. The number of alkyl halides is 3. The summed E-state index contributed by atoms with van der Waals surface area (Å²) in [5.74, 6) is -1.14. The number of nitrogens with zero attached hydrogens (tertiary/aromatic N) is 1. The van der Waals surface area contributed by atoms with E-state index in [1.807, 2.05) is 45.0 Å². The highest BCUT2D eigenvalue weighted by Crippen LogP contribution is 2.33. The molecule has 10 heteroatoms. The number of ether oxygens (including phenoxy) is 1. The Kier molecular flexibility index (Phi) is 10.8. The number of benzene rings is 2. The predicted molar refractivity (Wildman–Crippen MR) is 142 cm³/mol. The minimum Gasteiger partial charge on any atom is -0.383 e. The molecule has 0 bridgehead atoms. The van der Waals surface area contributed by atoms with Gasteiger partial charge < -0.3 is 20.3 Å². The second kappa shape index (κ2) is 13.8. The van der Waals surface area contributed by atoms with Crippen LogP contribution in [0.25, 0.3) is 0 Å². The molecule has 1 heterocycles. The van der Waals surface area contributed by atoms with Crippen LogP contribution in [0, 0.1) is 11.7 Å². The van der Waals surface area contributed by atoms with Crippen molar-refractivity contribution in [2.45, 2.75) is 57.9 Å². The van der Waals surface area contributed by atoms with Crippen LogP contribution in [0.3, 0.4) is 0 Å². The fourth-order valence-corrected chi connectivity index (χ4v) is 4.41. The zero-order chi connectivity index (χ0) is 27.7.